The summed E-state index contributed by atoms with van der Waals surface area (Å²) in [5.74, 6) is -0.644. The first-order valence-corrected chi connectivity index (χ1v) is 6.42. The van der Waals surface area contributed by atoms with Crippen LogP contribution in [0.4, 0.5) is 0 Å². The molecule has 0 aliphatic heterocycles. The van der Waals surface area contributed by atoms with Gasteiger partial charge in [-0.3, -0.25) is 9.59 Å². The number of esters is 1. The molecular weight excluding hydrogens is 239 g/mol. The van der Waals surface area contributed by atoms with Crippen LogP contribution in [0.15, 0.2) is 0 Å². The average Bonchev–Trinajstić information content (AvgIpc) is 2.16. The Kier molecular flexibility index (Phi) is 13.4. The highest BCUT2D eigenvalue weighted by molar-refractivity contribution is 6.18. The summed E-state index contributed by atoms with van der Waals surface area (Å²) >= 11 is -0.245. The van der Waals surface area contributed by atoms with Crippen LogP contribution in [0.5, 0.6) is 0 Å². The zero-order chi connectivity index (χ0) is 13.8. The van der Waals surface area contributed by atoms with Crippen molar-refractivity contribution in [3.05, 3.63) is 0 Å². The van der Waals surface area contributed by atoms with Crippen LogP contribution in [0.3, 0.4) is 0 Å². The maximum Gasteiger partial charge on any atom is 0.668 e. The molecule has 0 rings (SSSR count). The van der Waals surface area contributed by atoms with Gasteiger partial charge in [0.15, 0.2) is 0 Å². The van der Waals surface area contributed by atoms with E-state index >= 15 is 0 Å². The lowest BCUT2D eigenvalue weighted by Crippen LogP contribution is -2.14. The van der Waals surface area contributed by atoms with Crippen LogP contribution in [0, 0.1) is 0 Å². The molecule has 0 aromatic heterocycles. The van der Waals surface area contributed by atoms with Crippen LogP contribution in [0.25, 0.3) is 0 Å². The third kappa shape index (κ3) is 21.4. The first-order chi connectivity index (χ1) is 7.79. The Morgan fingerprint density at radius 2 is 1.47 bits per heavy atom. The van der Waals surface area contributed by atoms with E-state index in [9.17, 15) is 9.59 Å². The zero-order valence-corrected chi connectivity index (χ0v) is 12.6. The second-order valence-corrected chi connectivity index (χ2v) is 4.66. The molecule has 99 valence electrons. The van der Waals surface area contributed by atoms with Crippen LogP contribution in [0.1, 0.15) is 41.0 Å². The fourth-order valence-corrected chi connectivity index (χ4v) is 1.04. The summed E-state index contributed by atoms with van der Waals surface area (Å²) in [4.78, 5) is 20.3. The van der Waals surface area contributed by atoms with Gasteiger partial charge in [-0.15, -0.1) is 0 Å². The van der Waals surface area contributed by atoms with E-state index in [1.165, 1.54) is 14.0 Å². The molecular formula is C11H22AlO5. The molecule has 5 nitrogen and oxygen atoms in total. The van der Waals surface area contributed by atoms with Gasteiger partial charge in [-0.05, 0) is 34.6 Å². The molecule has 6 heteroatoms. The van der Waals surface area contributed by atoms with E-state index in [0.29, 0.717) is 12.2 Å². The second kappa shape index (κ2) is 12.1. The van der Waals surface area contributed by atoms with Crippen molar-refractivity contribution >= 4 is 27.6 Å². The first-order valence-electron chi connectivity index (χ1n) is 5.48. The lowest BCUT2D eigenvalue weighted by Gasteiger charge is -2.09. The number of methoxy groups -OCH3 is 1. The van der Waals surface area contributed by atoms with Gasteiger partial charge in [0.1, 0.15) is 12.2 Å². The minimum atomic E-state index is -0.475. The standard InChI is InChI=1S/C5H8O3.2C3H7O.Al/c1-4(6)3-5(7)8-2;2*1-3(2)4;/h3H2,1-2H3;2*3H,1-2H3;/q;2*-1;+2. The van der Waals surface area contributed by atoms with E-state index in [0.717, 1.165) is 0 Å². The van der Waals surface area contributed by atoms with Crippen molar-refractivity contribution in [2.24, 2.45) is 0 Å². The van der Waals surface area contributed by atoms with Crippen LogP contribution in [0.2, 0.25) is 0 Å². The molecule has 0 atom stereocenters. The number of carbonyl (C=O) groups excluding carboxylic acids is 2. The summed E-state index contributed by atoms with van der Waals surface area (Å²) in [6.07, 6.45) is 0.494. The number of hydrogen-bond acceptors (Lipinski definition) is 5. The number of Topliss-reactive ketones (excluding diaryl/α,β-unsaturated/α-hetero) is 1. The molecule has 0 spiro atoms. The van der Waals surface area contributed by atoms with Crippen molar-refractivity contribution in [2.45, 2.75) is 53.2 Å². The highest BCUT2D eigenvalue weighted by Crippen LogP contribution is 1.89. The molecule has 1 radical (unpaired) electrons. The number of ketones is 1. The first kappa shape index (κ1) is 18.9. The Labute approximate surface area is 110 Å². The lowest BCUT2D eigenvalue weighted by molar-refractivity contribution is -0.142. The van der Waals surface area contributed by atoms with E-state index in [-0.39, 0.29) is 28.1 Å². The molecule has 0 unspecified atom stereocenters. The summed E-state index contributed by atoms with van der Waals surface area (Å²) in [5, 5.41) is 0. The highest BCUT2D eigenvalue weighted by atomic mass is 27.2. The fraction of sp³-hybridized carbons (Fsp3) is 0.818. The minimum Gasteiger partial charge on any atom is -0.482 e. The molecule has 0 heterocycles. The van der Waals surface area contributed by atoms with Crippen molar-refractivity contribution < 1.29 is 21.9 Å². The van der Waals surface area contributed by atoms with Gasteiger partial charge in [0.25, 0.3) is 0 Å². The Morgan fingerprint density at radius 1 is 1.06 bits per heavy atom. The summed E-state index contributed by atoms with van der Waals surface area (Å²) in [5.41, 5.74) is 0. The average molecular weight is 261 g/mol. The number of hydrogen-bond donors (Lipinski definition) is 0. The smallest absolute Gasteiger partial charge is 0.482 e. The quantitative estimate of drug-likeness (QED) is 0.412. The number of carbonyl (C=O) groups is 2. The van der Waals surface area contributed by atoms with E-state index in [1.54, 1.807) is 0 Å². The molecule has 0 amide bonds. The highest BCUT2D eigenvalue weighted by Gasteiger charge is 2.02. The lowest BCUT2D eigenvalue weighted by atomic mass is 10.3. The summed E-state index contributed by atoms with van der Waals surface area (Å²) < 4.78 is 14.6. The van der Waals surface area contributed by atoms with E-state index < -0.39 is 5.97 Å². The van der Waals surface area contributed by atoms with Gasteiger partial charge in [-0.1, -0.05) is 0 Å². The molecule has 0 aliphatic carbocycles. The maximum atomic E-state index is 10.2. The van der Waals surface area contributed by atoms with Gasteiger partial charge < -0.3 is 12.3 Å². The number of ether oxygens (including phenoxy) is 1. The van der Waals surface area contributed by atoms with Gasteiger partial charge in [-0.25, -0.2) is 0 Å². The van der Waals surface area contributed by atoms with Gasteiger partial charge in [0.05, 0.1) is 7.11 Å². The van der Waals surface area contributed by atoms with Crippen LogP contribution < -0.4 is 0 Å². The van der Waals surface area contributed by atoms with E-state index in [2.05, 4.69) is 4.74 Å². The van der Waals surface area contributed by atoms with Crippen molar-refractivity contribution in [2.75, 3.05) is 7.11 Å². The van der Waals surface area contributed by atoms with Gasteiger partial charge in [0.2, 0.25) is 0 Å². The topological polar surface area (TPSA) is 61.8 Å². The Bertz CT molecular complexity index is 208. The molecule has 0 aromatic carbocycles. The molecule has 0 bridgehead atoms. The molecule has 17 heavy (non-hydrogen) atoms. The van der Waals surface area contributed by atoms with Crippen molar-refractivity contribution in [1.82, 2.24) is 0 Å². The molecule has 0 N–H and O–H groups in total. The van der Waals surface area contributed by atoms with Gasteiger partial charge in [-0.2, -0.15) is 0 Å². The fourth-order valence-electron chi connectivity index (χ4n) is 0.530. The van der Waals surface area contributed by atoms with E-state index in [4.69, 9.17) is 7.58 Å². The Morgan fingerprint density at radius 3 is 1.65 bits per heavy atom. The van der Waals surface area contributed by atoms with Crippen molar-refractivity contribution in [3.8, 4) is 0 Å². The number of rotatable bonds is 6. The summed E-state index contributed by atoms with van der Waals surface area (Å²) in [6, 6.07) is 0. The maximum absolute atomic E-state index is 10.2. The summed E-state index contributed by atoms with van der Waals surface area (Å²) in [6.45, 7) is 9.39. The Balaban J connectivity index is 0. The van der Waals surface area contributed by atoms with Gasteiger partial charge in [0, 0.05) is 12.2 Å². The molecule has 0 aromatic rings. The molecule has 0 saturated heterocycles. The third-order valence-electron chi connectivity index (χ3n) is 1.28. The normalized spacial score (nSPS) is 9.65. The molecule has 0 saturated carbocycles. The van der Waals surface area contributed by atoms with Crippen molar-refractivity contribution in [3.63, 3.8) is 0 Å². The SMILES string of the molecule is CC(C)[O][Al][O]C(C)C.COC(=O)CC(C)=O. The summed E-state index contributed by atoms with van der Waals surface area (Å²) in [7, 11) is 1.26. The monoisotopic (exact) mass is 261 g/mol. The predicted octanol–water partition coefficient (Wildman–Crippen LogP) is 1.51. The van der Waals surface area contributed by atoms with Gasteiger partial charge >= 0.3 is 21.9 Å². The predicted molar refractivity (Wildman–Crippen MR) is 65.5 cm³/mol. The zero-order valence-electron chi connectivity index (χ0n) is 11.5. The second-order valence-electron chi connectivity index (χ2n) is 3.92. The van der Waals surface area contributed by atoms with Crippen LogP contribution in [-0.2, 0) is 21.9 Å². The van der Waals surface area contributed by atoms with Crippen molar-refractivity contribution in [1.29, 1.82) is 0 Å². The van der Waals surface area contributed by atoms with Crippen LogP contribution >= 0.6 is 0 Å². The Hall–Kier alpha value is -0.408. The minimum absolute atomic E-state index is 0.115. The van der Waals surface area contributed by atoms with Crippen LogP contribution in [-0.4, -0.2) is 47.0 Å². The largest absolute Gasteiger partial charge is 0.668 e. The molecule has 0 aliphatic rings. The third-order valence-corrected chi connectivity index (χ3v) is 2.59. The molecule has 0 fully saturated rings. The van der Waals surface area contributed by atoms with E-state index in [1.807, 2.05) is 27.7 Å².